The van der Waals surface area contributed by atoms with E-state index in [-0.39, 0.29) is 11.4 Å². The summed E-state index contributed by atoms with van der Waals surface area (Å²) in [6, 6.07) is 9.64. The van der Waals surface area contributed by atoms with Crippen molar-refractivity contribution < 1.29 is 23.0 Å². The second-order valence-electron chi connectivity index (χ2n) is 4.74. The lowest BCUT2D eigenvalue weighted by Gasteiger charge is -2.12. The number of alkyl halides is 3. The molecular formula is C16H15F3N2O2. The number of hydrogen-bond acceptors (Lipinski definition) is 4. The predicted octanol–water partition coefficient (Wildman–Crippen LogP) is 4.26. The van der Waals surface area contributed by atoms with Crippen molar-refractivity contribution in [3.63, 3.8) is 0 Å². The summed E-state index contributed by atoms with van der Waals surface area (Å²) < 4.78 is 43.7. The number of aromatic hydroxyl groups is 1. The van der Waals surface area contributed by atoms with Crippen LogP contribution in [0.15, 0.2) is 47.6 Å². The molecule has 4 nitrogen and oxygen atoms in total. The average molecular weight is 324 g/mol. The molecule has 0 aromatic heterocycles. The Bertz CT molecular complexity index is 728. The number of rotatable bonds is 4. The van der Waals surface area contributed by atoms with Crippen LogP contribution in [0.4, 0.5) is 18.9 Å². The maximum atomic E-state index is 12.9. The molecule has 2 aromatic carbocycles. The molecule has 0 saturated carbocycles. The van der Waals surface area contributed by atoms with Gasteiger partial charge in [-0.05, 0) is 31.2 Å². The number of ether oxygens (including phenoxy) is 1. The maximum absolute atomic E-state index is 12.9. The molecule has 2 rings (SSSR count). The number of phenolic OH excluding ortho intramolecular Hbond substituents is 1. The van der Waals surface area contributed by atoms with Gasteiger partial charge in [0, 0.05) is 11.6 Å². The van der Waals surface area contributed by atoms with Gasteiger partial charge in [0.1, 0.15) is 11.5 Å². The summed E-state index contributed by atoms with van der Waals surface area (Å²) in [4.78, 5) is 0. The normalized spacial score (nSPS) is 12.1. The summed E-state index contributed by atoms with van der Waals surface area (Å²) >= 11 is 0. The molecule has 0 fully saturated rings. The molecule has 0 bridgehead atoms. The highest BCUT2D eigenvalue weighted by Crippen LogP contribution is 2.34. The average Bonchev–Trinajstić information content (AvgIpc) is 2.51. The predicted molar refractivity (Wildman–Crippen MR) is 81.9 cm³/mol. The molecule has 122 valence electrons. The molecule has 7 heteroatoms. The lowest BCUT2D eigenvalue weighted by Crippen LogP contribution is -2.09. The van der Waals surface area contributed by atoms with Crippen molar-refractivity contribution in [2.24, 2.45) is 5.10 Å². The molecule has 0 saturated heterocycles. The van der Waals surface area contributed by atoms with Crippen LogP contribution in [0.2, 0.25) is 0 Å². The molecule has 0 aliphatic carbocycles. The van der Waals surface area contributed by atoms with Gasteiger partial charge in [-0.2, -0.15) is 18.3 Å². The number of nitrogens with one attached hydrogen (secondary N) is 1. The molecular weight excluding hydrogens is 309 g/mol. The number of benzene rings is 2. The van der Waals surface area contributed by atoms with E-state index < -0.39 is 11.7 Å². The molecule has 0 heterocycles. The molecule has 0 unspecified atom stereocenters. The van der Waals surface area contributed by atoms with Crippen molar-refractivity contribution in [1.82, 2.24) is 0 Å². The number of methoxy groups -OCH3 is 1. The lowest BCUT2D eigenvalue weighted by atomic mass is 10.1. The van der Waals surface area contributed by atoms with E-state index in [1.807, 2.05) is 0 Å². The zero-order valence-electron chi connectivity index (χ0n) is 12.5. The van der Waals surface area contributed by atoms with Crippen molar-refractivity contribution in [3.8, 4) is 11.5 Å². The summed E-state index contributed by atoms with van der Waals surface area (Å²) in [5.74, 6) is 0.394. The van der Waals surface area contributed by atoms with E-state index in [1.54, 1.807) is 19.1 Å². The Hall–Kier alpha value is -2.70. The first-order chi connectivity index (χ1) is 10.8. The van der Waals surface area contributed by atoms with E-state index in [0.717, 1.165) is 6.07 Å². The Morgan fingerprint density at radius 3 is 2.48 bits per heavy atom. The minimum atomic E-state index is -4.48. The fourth-order valence-corrected chi connectivity index (χ4v) is 1.98. The van der Waals surface area contributed by atoms with Crippen molar-refractivity contribution in [1.29, 1.82) is 0 Å². The largest absolute Gasteiger partial charge is 0.507 e. The number of hydrazone groups is 1. The third-order valence-electron chi connectivity index (χ3n) is 3.17. The minimum Gasteiger partial charge on any atom is -0.507 e. The third-order valence-corrected chi connectivity index (χ3v) is 3.17. The van der Waals surface area contributed by atoms with Crippen LogP contribution >= 0.6 is 0 Å². The zero-order valence-corrected chi connectivity index (χ0v) is 12.5. The molecule has 0 spiro atoms. The number of hydrogen-bond donors (Lipinski definition) is 2. The smallest absolute Gasteiger partial charge is 0.418 e. The monoisotopic (exact) mass is 324 g/mol. The van der Waals surface area contributed by atoms with E-state index in [0.29, 0.717) is 17.0 Å². The molecule has 2 N–H and O–H groups in total. The molecule has 0 aliphatic heterocycles. The quantitative estimate of drug-likeness (QED) is 0.653. The van der Waals surface area contributed by atoms with Gasteiger partial charge in [-0.15, -0.1) is 0 Å². The fraction of sp³-hybridized carbons (Fsp3) is 0.188. The Morgan fingerprint density at radius 2 is 1.87 bits per heavy atom. The minimum absolute atomic E-state index is 0.0727. The zero-order chi connectivity index (χ0) is 17.0. The summed E-state index contributed by atoms with van der Waals surface area (Å²) in [7, 11) is 1.46. The highest BCUT2D eigenvalue weighted by Gasteiger charge is 2.33. The fourth-order valence-electron chi connectivity index (χ4n) is 1.98. The van der Waals surface area contributed by atoms with Gasteiger partial charge in [0.2, 0.25) is 0 Å². The molecule has 0 radical (unpaired) electrons. The molecule has 0 aliphatic rings. The number of halogens is 3. The van der Waals surface area contributed by atoms with Crippen molar-refractivity contribution in [3.05, 3.63) is 53.6 Å². The van der Waals surface area contributed by atoms with Crippen LogP contribution in [0.25, 0.3) is 0 Å². The summed E-state index contributed by atoms with van der Waals surface area (Å²) in [5, 5.41) is 13.8. The van der Waals surface area contributed by atoms with Gasteiger partial charge in [-0.1, -0.05) is 12.1 Å². The van der Waals surface area contributed by atoms with E-state index in [2.05, 4.69) is 10.5 Å². The Morgan fingerprint density at radius 1 is 1.17 bits per heavy atom. The van der Waals surface area contributed by atoms with Crippen LogP contribution in [0.1, 0.15) is 18.1 Å². The second-order valence-corrected chi connectivity index (χ2v) is 4.74. The summed E-state index contributed by atoms with van der Waals surface area (Å²) in [5.41, 5.74) is 2.16. The SMILES string of the molecule is COc1ccc(C(C)=NNc2ccccc2C(F)(F)F)c(O)c1. The van der Waals surface area contributed by atoms with Crippen LogP contribution in [0.3, 0.4) is 0 Å². The van der Waals surface area contributed by atoms with Gasteiger partial charge >= 0.3 is 6.18 Å². The standard InChI is InChI=1S/C16H15F3N2O2/c1-10(12-8-7-11(23-2)9-15(12)22)20-21-14-6-4-3-5-13(14)16(17,18)19/h3-9,21-22H,1-2H3. The van der Waals surface area contributed by atoms with Crippen LogP contribution in [-0.4, -0.2) is 17.9 Å². The highest BCUT2D eigenvalue weighted by molar-refractivity contribution is 6.01. The molecule has 0 atom stereocenters. The number of anilines is 1. The Labute approximate surface area is 131 Å². The number of phenols is 1. The first kappa shape index (κ1) is 16.7. The summed E-state index contributed by atoms with van der Waals surface area (Å²) in [6.07, 6.45) is -4.48. The van der Waals surface area contributed by atoms with Crippen LogP contribution in [-0.2, 0) is 6.18 Å². The van der Waals surface area contributed by atoms with Gasteiger partial charge in [-0.25, -0.2) is 0 Å². The first-order valence-corrected chi connectivity index (χ1v) is 6.67. The number of para-hydroxylation sites is 1. The Kier molecular flexibility index (Phi) is 4.78. The van der Waals surface area contributed by atoms with Crippen LogP contribution in [0.5, 0.6) is 11.5 Å². The topological polar surface area (TPSA) is 53.8 Å². The van der Waals surface area contributed by atoms with Crippen molar-refractivity contribution in [2.45, 2.75) is 13.1 Å². The van der Waals surface area contributed by atoms with Gasteiger partial charge in [0.15, 0.2) is 0 Å². The van der Waals surface area contributed by atoms with Crippen LogP contribution in [0, 0.1) is 0 Å². The molecule has 23 heavy (non-hydrogen) atoms. The lowest BCUT2D eigenvalue weighted by molar-refractivity contribution is -0.136. The first-order valence-electron chi connectivity index (χ1n) is 6.67. The van der Waals surface area contributed by atoms with Crippen molar-refractivity contribution >= 4 is 11.4 Å². The van der Waals surface area contributed by atoms with Gasteiger partial charge in [-0.3, -0.25) is 5.43 Å². The van der Waals surface area contributed by atoms with E-state index in [1.165, 1.54) is 31.4 Å². The van der Waals surface area contributed by atoms with Gasteiger partial charge < -0.3 is 9.84 Å². The maximum Gasteiger partial charge on any atom is 0.418 e. The van der Waals surface area contributed by atoms with Gasteiger partial charge in [0.25, 0.3) is 0 Å². The number of nitrogens with zero attached hydrogens (tertiary/aromatic N) is 1. The van der Waals surface area contributed by atoms with E-state index in [9.17, 15) is 18.3 Å². The van der Waals surface area contributed by atoms with E-state index in [4.69, 9.17) is 4.74 Å². The second kappa shape index (κ2) is 6.60. The molecule has 2 aromatic rings. The van der Waals surface area contributed by atoms with Crippen LogP contribution < -0.4 is 10.2 Å². The van der Waals surface area contributed by atoms with Crippen molar-refractivity contribution in [2.75, 3.05) is 12.5 Å². The third kappa shape index (κ3) is 3.94. The van der Waals surface area contributed by atoms with Gasteiger partial charge in [0.05, 0.1) is 24.1 Å². The van der Waals surface area contributed by atoms with E-state index >= 15 is 0 Å². The molecule has 0 amide bonds. The highest BCUT2D eigenvalue weighted by atomic mass is 19.4. The Balaban J connectivity index is 2.27. The summed E-state index contributed by atoms with van der Waals surface area (Å²) in [6.45, 7) is 1.57.